The molecule has 0 aliphatic carbocycles. The Kier molecular flexibility index (Phi) is 7.39. The molecule has 1 radical (unpaired) electrons. The smallest absolute Gasteiger partial charge is 0.282 e. The first-order valence-electron chi connectivity index (χ1n) is 8.11. The van der Waals surface area contributed by atoms with E-state index in [0.29, 0.717) is 5.56 Å². The summed E-state index contributed by atoms with van der Waals surface area (Å²) in [7, 11) is 0. The van der Waals surface area contributed by atoms with Crippen molar-refractivity contribution in [2.24, 2.45) is 0 Å². The maximum absolute atomic E-state index is 12.7. The average molecular weight is 389 g/mol. The number of amides is 1. The van der Waals surface area contributed by atoms with Crippen LogP contribution in [-0.4, -0.2) is 36.1 Å². The number of quaternary nitrogens is 1. The Labute approximate surface area is 164 Å². The molecule has 1 N–H and O–H groups in total. The van der Waals surface area contributed by atoms with Crippen LogP contribution in [0.5, 0.6) is 0 Å². The van der Waals surface area contributed by atoms with Gasteiger partial charge >= 0.3 is 0 Å². The van der Waals surface area contributed by atoms with Gasteiger partial charge in [-0.05, 0) is 51.0 Å². The number of anilines is 1. The van der Waals surface area contributed by atoms with Crippen molar-refractivity contribution < 1.29 is 42.0 Å². The van der Waals surface area contributed by atoms with Crippen LogP contribution >= 0.6 is 0 Å². The summed E-state index contributed by atoms with van der Waals surface area (Å²) in [4.78, 5) is 12.7. The summed E-state index contributed by atoms with van der Waals surface area (Å²) in [5.41, 5.74) is 3.38. The predicted molar refractivity (Wildman–Crippen MR) is 88.5 cm³/mol. The maximum Gasteiger partial charge on any atom is 0.282 e. The van der Waals surface area contributed by atoms with E-state index < -0.39 is 0 Å². The predicted octanol–water partition coefficient (Wildman–Crippen LogP) is 3.13. The number of carbonyl (C=O) groups is 1. The number of hydrogen-bond donors (Lipinski definition) is 1. The number of nitrogens with zero attached hydrogens (tertiary/aromatic N) is 2. The molecule has 1 amide bonds. The van der Waals surface area contributed by atoms with Crippen molar-refractivity contribution in [3.63, 3.8) is 0 Å². The van der Waals surface area contributed by atoms with Crippen molar-refractivity contribution in [3.8, 4) is 6.07 Å². The molecule has 0 aromatic heterocycles. The molecule has 0 bridgehead atoms. The van der Waals surface area contributed by atoms with Gasteiger partial charge in [-0.2, -0.15) is 5.26 Å². The molecule has 4 nitrogen and oxygen atoms in total. The number of rotatable bonds is 4. The monoisotopic (exact) mass is 389 g/mol. The van der Waals surface area contributed by atoms with Crippen molar-refractivity contribution in [1.82, 2.24) is 0 Å². The summed E-state index contributed by atoms with van der Waals surface area (Å²) in [6.07, 6.45) is 2.42. The molecule has 1 unspecified atom stereocenters. The number of aryl methyl sites for hydroxylation is 2. The van der Waals surface area contributed by atoms with Gasteiger partial charge in [0, 0.05) is 51.2 Å². The van der Waals surface area contributed by atoms with Crippen LogP contribution in [0.2, 0.25) is 0 Å². The third-order valence-corrected chi connectivity index (χ3v) is 5.20. The Hall–Kier alpha value is -0.756. The van der Waals surface area contributed by atoms with Crippen molar-refractivity contribution in [2.75, 3.05) is 25.0 Å². The molecule has 121 valence electrons. The maximum atomic E-state index is 12.7. The molecule has 2 rings (SSSR count). The number of benzene rings is 1. The molecule has 1 aliphatic heterocycles. The molecule has 1 saturated heterocycles. The summed E-state index contributed by atoms with van der Waals surface area (Å²) in [6, 6.07) is 5.77. The van der Waals surface area contributed by atoms with E-state index in [9.17, 15) is 4.79 Å². The topological polar surface area (TPSA) is 52.9 Å². The molecule has 23 heavy (non-hydrogen) atoms. The van der Waals surface area contributed by atoms with E-state index in [1.54, 1.807) is 0 Å². The molecule has 1 aromatic rings. The van der Waals surface area contributed by atoms with Gasteiger partial charge in [0.05, 0.1) is 31.3 Å². The summed E-state index contributed by atoms with van der Waals surface area (Å²) < 4.78 is 0.889. The van der Waals surface area contributed by atoms with E-state index in [4.69, 9.17) is 5.26 Å². The molecular formula is C18H26N3OY+. The Bertz CT molecular complexity index is 592. The molecule has 0 saturated carbocycles. The second-order valence-corrected chi connectivity index (χ2v) is 6.45. The second-order valence-electron chi connectivity index (χ2n) is 6.45. The SMILES string of the molecule is CC[N+]1(C(C)C(=O)Nc2c(C)cc(C#N)cc2C)CCCC1.[Y]. The van der Waals surface area contributed by atoms with Crippen molar-refractivity contribution in [1.29, 1.82) is 5.26 Å². The first kappa shape index (κ1) is 20.3. The molecule has 5 heteroatoms. The molecule has 1 heterocycles. The average Bonchev–Trinajstić information content (AvgIpc) is 2.99. The van der Waals surface area contributed by atoms with Crippen LogP contribution in [-0.2, 0) is 37.5 Å². The number of nitriles is 1. The third-order valence-electron chi connectivity index (χ3n) is 5.20. The normalized spacial score (nSPS) is 17.0. The van der Waals surface area contributed by atoms with Crippen LogP contribution in [0.25, 0.3) is 0 Å². The largest absolute Gasteiger partial charge is 0.320 e. The van der Waals surface area contributed by atoms with Gasteiger partial charge in [-0.1, -0.05) is 0 Å². The third kappa shape index (κ3) is 4.21. The molecule has 0 spiro atoms. The van der Waals surface area contributed by atoms with Crippen molar-refractivity contribution >= 4 is 11.6 Å². The fourth-order valence-corrected chi connectivity index (χ4v) is 3.64. The summed E-state index contributed by atoms with van der Waals surface area (Å²) >= 11 is 0. The van der Waals surface area contributed by atoms with Gasteiger partial charge in [0.2, 0.25) is 0 Å². The van der Waals surface area contributed by atoms with E-state index in [-0.39, 0.29) is 44.7 Å². The fraction of sp³-hybridized carbons (Fsp3) is 0.556. The number of nitrogens with one attached hydrogen (secondary N) is 1. The van der Waals surface area contributed by atoms with Gasteiger partial charge in [0.25, 0.3) is 5.91 Å². The first-order chi connectivity index (χ1) is 10.4. The van der Waals surface area contributed by atoms with Crippen molar-refractivity contribution in [3.05, 3.63) is 28.8 Å². The van der Waals surface area contributed by atoms with E-state index in [0.717, 1.165) is 40.9 Å². The van der Waals surface area contributed by atoms with Gasteiger partial charge in [0.1, 0.15) is 0 Å². The molecule has 1 aliphatic rings. The van der Waals surface area contributed by atoms with Gasteiger partial charge in [-0.3, -0.25) is 4.79 Å². The standard InChI is InChI=1S/C18H25N3O.Y/c1-5-21(8-6-7-9-21)15(4)18(22)20-17-13(2)10-16(12-19)11-14(17)3;/h10-11,15H,5-9H2,1-4H3;/p+1. The van der Waals surface area contributed by atoms with E-state index in [2.05, 4.69) is 18.3 Å². The van der Waals surface area contributed by atoms with Gasteiger partial charge in [0.15, 0.2) is 6.04 Å². The van der Waals surface area contributed by atoms with Gasteiger partial charge in [-0.15, -0.1) is 0 Å². The quantitative estimate of drug-likeness (QED) is 0.805. The Morgan fingerprint density at radius 3 is 2.26 bits per heavy atom. The molecular weight excluding hydrogens is 363 g/mol. The number of likely N-dealkylation sites (N-methyl/N-ethyl adjacent to an activating group) is 1. The molecule has 1 aromatic carbocycles. The minimum Gasteiger partial charge on any atom is -0.320 e. The summed E-state index contributed by atoms with van der Waals surface area (Å²) in [5, 5.41) is 12.1. The van der Waals surface area contributed by atoms with Crippen LogP contribution in [0.3, 0.4) is 0 Å². The summed E-state index contributed by atoms with van der Waals surface area (Å²) in [6.45, 7) is 11.3. The molecule has 1 atom stereocenters. The Morgan fingerprint density at radius 2 is 1.83 bits per heavy atom. The number of hydrogen-bond acceptors (Lipinski definition) is 2. The minimum absolute atomic E-state index is 0. The van der Waals surface area contributed by atoms with Gasteiger partial charge < -0.3 is 9.80 Å². The van der Waals surface area contributed by atoms with Crippen molar-refractivity contribution in [2.45, 2.75) is 46.6 Å². The first-order valence-corrected chi connectivity index (χ1v) is 8.11. The second kappa shape index (κ2) is 8.37. The minimum atomic E-state index is -0.0399. The Balaban J connectivity index is 0.00000264. The van der Waals surface area contributed by atoms with Crippen LogP contribution in [0, 0.1) is 25.2 Å². The van der Waals surface area contributed by atoms with E-state index >= 15 is 0 Å². The number of carbonyl (C=O) groups excluding carboxylic acids is 1. The van der Waals surface area contributed by atoms with E-state index in [1.165, 1.54) is 12.8 Å². The summed E-state index contributed by atoms with van der Waals surface area (Å²) in [5.74, 6) is 0.0830. The van der Waals surface area contributed by atoms with Crippen LogP contribution in [0.4, 0.5) is 5.69 Å². The van der Waals surface area contributed by atoms with Crippen LogP contribution in [0.1, 0.15) is 43.4 Å². The Morgan fingerprint density at radius 1 is 1.30 bits per heavy atom. The van der Waals surface area contributed by atoms with Gasteiger partial charge in [-0.25, -0.2) is 0 Å². The van der Waals surface area contributed by atoms with Crippen LogP contribution < -0.4 is 5.32 Å². The zero-order valence-corrected chi connectivity index (χ0v) is 17.5. The van der Waals surface area contributed by atoms with E-state index in [1.807, 2.05) is 32.9 Å². The zero-order valence-electron chi connectivity index (χ0n) is 14.6. The fourth-order valence-electron chi connectivity index (χ4n) is 3.64. The zero-order chi connectivity index (χ0) is 16.3. The van der Waals surface area contributed by atoms with Crippen LogP contribution in [0.15, 0.2) is 12.1 Å². The molecule has 1 fully saturated rings. The number of likely N-dealkylation sites (tertiary alicyclic amines) is 1.